The van der Waals surface area contributed by atoms with E-state index in [4.69, 9.17) is 0 Å². The predicted octanol–water partition coefficient (Wildman–Crippen LogP) is 2.94. The predicted molar refractivity (Wildman–Crippen MR) is 94.5 cm³/mol. The molecule has 1 aliphatic heterocycles. The van der Waals surface area contributed by atoms with E-state index in [0.717, 1.165) is 16.8 Å². The van der Waals surface area contributed by atoms with Crippen LogP contribution < -0.4 is 4.90 Å². The lowest BCUT2D eigenvalue weighted by molar-refractivity contribution is 0.427. The highest BCUT2D eigenvalue weighted by molar-refractivity contribution is 7.92. The number of anilines is 1. The van der Waals surface area contributed by atoms with Gasteiger partial charge in [-0.05, 0) is 23.3 Å². The Hall–Kier alpha value is -2.11. The van der Waals surface area contributed by atoms with E-state index in [1.165, 1.54) is 9.71 Å². The van der Waals surface area contributed by atoms with E-state index in [-0.39, 0.29) is 0 Å². The van der Waals surface area contributed by atoms with Crippen molar-refractivity contribution in [1.29, 1.82) is 0 Å². The van der Waals surface area contributed by atoms with Gasteiger partial charge in [-0.3, -0.25) is 0 Å². The zero-order valence-corrected chi connectivity index (χ0v) is 13.9. The molecule has 0 unspecified atom stereocenters. The molecule has 0 atom stereocenters. The number of rotatable bonds is 3. The van der Waals surface area contributed by atoms with Gasteiger partial charge in [-0.25, -0.2) is 8.42 Å². The topological polar surface area (TPSA) is 40.6 Å². The van der Waals surface area contributed by atoms with Gasteiger partial charge in [0.05, 0.1) is 0 Å². The number of para-hydroxylation sites is 1. The van der Waals surface area contributed by atoms with Crippen LogP contribution in [-0.2, 0) is 16.6 Å². The van der Waals surface area contributed by atoms with Gasteiger partial charge in [0.1, 0.15) is 0 Å². The molecule has 0 saturated heterocycles. The highest BCUT2D eigenvalue weighted by atomic mass is 32.2. The molecule has 1 heterocycles. The highest BCUT2D eigenvalue weighted by Gasteiger charge is 2.24. The summed E-state index contributed by atoms with van der Waals surface area (Å²) in [5.74, 6) is 0. The lowest BCUT2D eigenvalue weighted by Gasteiger charge is -2.19. The molecule has 1 aliphatic rings. The van der Waals surface area contributed by atoms with E-state index < -0.39 is 10.0 Å². The lowest BCUT2D eigenvalue weighted by Crippen LogP contribution is -2.33. The molecular weight excluding hydrogens is 308 g/mol. The summed E-state index contributed by atoms with van der Waals surface area (Å²) in [6.45, 7) is 1.56. The van der Waals surface area contributed by atoms with Crippen LogP contribution in [0, 0.1) is 0 Å². The molecule has 2 aromatic carbocycles. The minimum absolute atomic E-state index is 0.405. The maximum atomic E-state index is 12.6. The molecule has 4 nitrogen and oxygen atoms in total. The minimum Gasteiger partial charge on any atom is -0.373 e. The van der Waals surface area contributed by atoms with Crippen LogP contribution in [0.25, 0.3) is 6.08 Å². The standard InChI is InChI=1S/C18H20N2O2S/c1-19-12-13-20(15-17-9-5-6-10-18(17)19)23(21,22)14-11-16-7-3-2-4-8-16/h2-11,14H,12-13,15H2,1H3/b14-11+. The molecule has 23 heavy (non-hydrogen) atoms. The first-order valence-corrected chi connectivity index (χ1v) is 9.09. The Morgan fingerprint density at radius 1 is 0.957 bits per heavy atom. The zero-order chi connectivity index (χ0) is 16.3. The van der Waals surface area contributed by atoms with E-state index >= 15 is 0 Å². The summed E-state index contributed by atoms with van der Waals surface area (Å²) in [6, 6.07) is 17.4. The number of hydrogen-bond donors (Lipinski definition) is 0. The van der Waals surface area contributed by atoms with Crippen LogP contribution in [0.4, 0.5) is 5.69 Å². The normalized spacial score (nSPS) is 16.3. The van der Waals surface area contributed by atoms with Crippen molar-refractivity contribution in [2.45, 2.75) is 6.54 Å². The second-order valence-electron chi connectivity index (χ2n) is 5.64. The Kier molecular flexibility index (Phi) is 4.50. The first-order chi connectivity index (χ1) is 11.1. The number of hydrogen-bond acceptors (Lipinski definition) is 3. The van der Waals surface area contributed by atoms with Crippen LogP contribution in [0.2, 0.25) is 0 Å². The molecular formula is C18H20N2O2S. The summed E-state index contributed by atoms with van der Waals surface area (Å²) in [5, 5.41) is 1.30. The molecule has 120 valence electrons. The Labute approximate surface area is 137 Å². The third kappa shape index (κ3) is 3.63. The van der Waals surface area contributed by atoms with E-state index in [2.05, 4.69) is 4.90 Å². The van der Waals surface area contributed by atoms with Crippen LogP contribution in [0.1, 0.15) is 11.1 Å². The van der Waals surface area contributed by atoms with Gasteiger partial charge in [-0.15, -0.1) is 0 Å². The Bertz CT molecular complexity index is 801. The maximum absolute atomic E-state index is 12.6. The van der Waals surface area contributed by atoms with Crippen molar-refractivity contribution in [1.82, 2.24) is 4.31 Å². The van der Waals surface area contributed by atoms with E-state index in [1.807, 2.05) is 61.6 Å². The lowest BCUT2D eigenvalue weighted by atomic mass is 10.1. The first-order valence-electron chi connectivity index (χ1n) is 7.58. The minimum atomic E-state index is -3.44. The molecule has 0 aliphatic carbocycles. The molecule has 0 N–H and O–H groups in total. The van der Waals surface area contributed by atoms with Crippen molar-refractivity contribution in [3.63, 3.8) is 0 Å². The van der Waals surface area contributed by atoms with Crippen molar-refractivity contribution < 1.29 is 8.42 Å². The number of nitrogens with zero attached hydrogens (tertiary/aromatic N) is 2. The summed E-state index contributed by atoms with van der Waals surface area (Å²) < 4.78 is 26.8. The van der Waals surface area contributed by atoms with Gasteiger partial charge in [0.15, 0.2) is 0 Å². The summed E-state index contributed by atoms with van der Waals surface area (Å²) in [4.78, 5) is 2.10. The van der Waals surface area contributed by atoms with Crippen LogP contribution >= 0.6 is 0 Å². The van der Waals surface area contributed by atoms with E-state index in [1.54, 1.807) is 6.08 Å². The second kappa shape index (κ2) is 6.56. The largest absolute Gasteiger partial charge is 0.373 e. The van der Waals surface area contributed by atoms with E-state index in [9.17, 15) is 8.42 Å². The number of likely N-dealkylation sites (N-methyl/N-ethyl adjacent to an activating group) is 1. The number of fused-ring (bicyclic) bond motifs is 1. The van der Waals surface area contributed by atoms with Crippen molar-refractivity contribution in [2.24, 2.45) is 0 Å². The highest BCUT2D eigenvalue weighted by Crippen LogP contribution is 2.25. The zero-order valence-electron chi connectivity index (χ0n) is 13.1. The third-order valence-electron chi connectivity index (χ3n) is 4.03. The average Bonchev–Trinajstić information content (AvgIpc) is 2.74. The molecule has 5 heteroatoms. The fraction of sp³-hybridized carbons (Fsp3) is 0.222. The summed E-state index contributed by atoms with van der Waals surface area (Å²) >= 11 is 0. The fourth-order valence-corrected chi connectivity index (χ4v) is 3.86. The smallest absolute Gasteiger partial charge is 0.236 e. The molecule has 3 rings (SSSR count). The van der Waals surface area contributed by atoms with Crippen molar-refractivity contribution in [2.75, 3.05) is 25.0 Å². The second-order valence-corrected chi connectivity index (χ2v) is 7.46. The molecule has 0 bridgehead atoms. The summed E-state index contributed by atoms with van der Waals surface area (Å²) in [5.41, 5.74) is 3.00. The molecule has 0 saturated carbocycles. The Morgan fingerprint density at radius 3 is 2.43 bits per heavy atom. The molecule has 0 spiro atoms. The molecule has 0 amide bonds. The summed E-state index contributed by atoms with van der Waals surface area (Å²) in [7, 11) is -1.45. The van der Waals surface area contributed by atoms with Crippen LogP contribution in [0.15, 0.2) is 60.0 Å². The van der Waals surface area contributed by atoms with Crippen LogP contribution in [-0.4, -0.2) is 32.9 Å². The quantitative estimate of drug-likeness (QED) is 0.870. The van der Waals surface area contributed by atoms with Crippen molar-refractivity contribution in [3.05, 3.63) is 71.1 Å². The SMILES string of the molecule is CN1CCN(S(=O)(=O)/C=C/c2ccccc2)Cc2ccccc21. The Balaban J connectivity index is 1.85. The van der Waals surface area contributed by atoms with Gasteiger partial charge in [-0.1, -0.05) is 48.5 Å². The van der Waals surface area contributed by atoms with E-state index in [0.29, 0.717) is 19.6 Å². The van der Waals surface area contributed by atoms with Gasteiger partial charge in [-0.2, -0.15) is 4.31 Å². The number of sulfonamides is 1. The van der Waals surface area contributed by atoms with Gasteiger partial charge < -0.3 is 4.90 Å². The van der Waals surface area contributed by atoms with Gasteiger partial charge in [0, 0.05) is 37.8 Å². The molecule has 0 radical (unpaired) electrons. The van der Waals surface area contributed by atoms with Crippen LogP contribution in [0.3, 0.4) is 0 Å². The monoisotopic (exact) mass is 328 g/mol. The number of benzene rings is 2. The van der Waals surface area contributed by atoms with Crippen molar-refractivity contribution >= 4 is 21.8 Å². The van der Waals surface area contributed by atoms with Gasteiger partial charge in [0.25, 0.3) is 0 Å². The Morgan fingerprint density at radius 2 is 1.65 bits per heavy atom. The third-order valence-corrected chi connectivity index (χ3v) is 5.54. The first kappa shape index (κ1) is 15.8. The van der Waals surface area contributed by atoms with Gasteiger partial charge in [0.2, 0.25) is 10.0 Å². The van der Waals surface area contributed by atoms with Crippen molar-refractivity contribution in [3.8, 4) is 0 Å². The fourth-order valence-electron chi connectivity index (χ4n) is 2.70. The summed E-state index contributed by atoms with van der Waals surface area (Å²) in [6.07, 6.45) is 1.65. The molecule has 0 aromatic heterocycles. The average molecular weight is 328 g/mol. The molecule has 2 aromatic rings. The van der Waals surface area contributed by atoms with Gasteiger partial charge >= 0.3 is 0 Å². The van der Waals surface area contributed by atoms with Crippen LogP contribution in [0.5, 0.6) is 0 Å². The molecule has 0 fully saturated rings. The maximum Gasteiger partial charge on any atom is 0.236 e.